The summed E-state index contributed by atoms with van der Waals surface area (Å²) in [5, 5.41) is 8.98. The van der Waals surface area contributed by atoms with Crippen LogP contribution in [0.15, 0.2) is 22.7 Å². The Kier molecular flexibility index (Phi) is 4.33. The van der Waals surface area contributed by atoms with E-state index in [1.165, 1.54) is 12.1 Å². The summed E-state index contributed by atoms with van der Waals surface area (Å²) >= 11 is 0. The summed E-state index contributed by atoms with van der Waals surface area (Å²) in [6, 6.07) is 4.16. The second-order valence-corrected chi connectivity index (χ2v) is 5.78. The van der Waals surface area contributed by atoms with Crippen molar-refractivity contribution >= 4 is 17.5 Å². The summed E-state index contributed by atoms with van der Waals surface area (Å²) < 4.78 is 18.5. The van der Waals surface area contributed by atoms with Crippen molar-refractivity contribution in [3.63, 3.8) is 0 Å². The average Bonchev–Trinajstić information content (AvgIpc) is 3.11. The number of carbonyl (C=O) groups is 2. The van der Waals surface area contributed by atoms with Gasteiger partial charge in [-0.2, -0.15) is 0 Å². The number of hydrogen-bond acceptors (Lipinski definition) is 4. The lowest BCUT2D eigenvalue weighted by Gasteiger charge is -2.14. The minimum absolute atomic E-state index is 0.355. The number of halogens is 1. The van der Waals surface area contributed by atoms with Gasteiger partial charge in [-0.1, -0.05) is 18.1 Å². The predicted molar refractivity (Wildman–Crippen MR) is 84.9 cm³/mol. The molecule has 7 heteroatoms. The number of rotatable bonds is 3. The maximum absolute atomic E-state index is 13.4. The van der Waals surface area contributed by atoms with Gasteiger partial charge < -0.3 is 15.2 Å². The van der Waals surface area contributed by atoms with Crippen molar-refractivity contribution in [1.29, 1.82) is 0 Å². The SMILES string of the molecule is CCc1onc(C)c1NC(=O)C(=O)N[C@@H]1CCc2ccc(F)cc21. The molecule has 0 fully saturated rings. The summed E-state index contributed by atoms with van der Waals surface area (Å²) in [7, 11) is 0. The fraction of sp³-hybridized carbons (Fsp3) is 0.353. The number of carbonyl (C=O) groups excluding carboxylic acids is 2. The van der Waals surface area contributed by atoms with E-state index in [0.717, 1.165) is 17.5 Å². The number of fused-ring (bicyclic) bond motifs is 1. The van der Waals surface area contributed by atoms with Crippen LogP contribution < -0.4 is 10.6 Å². The average molecular weight is 331 g/mol. The molecule has 0 bridgehead atoms. The van der Waals surface area contributed by atoms with Crippen LogP contribution in [0.3, 0.4) is 0 Å². The molecular weight excluding hydrogens is 313 g/mol. The van der Waals surface area contributed by atoms with Gasteiger partial charge in [0, 0.05) is 6.42 Å². The van der Waals surface area contributed by atoms with Crippen LogP contribution in [-0.4, -0.2) is 17.0 Å². The molecule has 1 aliphatic carbocycles. The van der Waals surface area contributed by atoms with Crippen molar-refractivity contribution in [1.82, 2.24) is 10.5 Å². The van der Waals surface area contributed by atoms with Crippen LogP contribution in [0.25, 0.3) is 0 Å². The molecule has 1 aromatic carbocycles. The Bertz CT molecular complexity index is 800. The van der Waals surface area contributed by atoms with Crippen LogP contribution in [0.2, 0.25) is 0 Å². The van der Waals surface area contributed by atoms with Crippen molar-refractivity contribution in [3.05, 3.63) is 46.6 Å². The normalized spacial score (nSPS) is 15.9. The first kappa shape index (κ1) is 16.2. The summed E-state index contributed by atoms with van der Waals surface area (Å²) in [6.07, 6.45) is 1.94. The summed E-state index contributed by atoms with van der Waals surface area (Å²) in [5.74, 6) is -1.39. The Morgan fingerprint density at radius 3 is 2.92 bits per heavy atom. The van der Waals surface area contributed by atoms with Crippen LogP contribution in [-0.2, 0) is 22.4 Å². The summed E-state index contributed by atoms with van der Waals surface area (Å²) in [6.45, 7) is 3.55. The second kappa shape index (κ2) is 6.43. The Labute approximate surface area is 138 Å². The van der Waals surface area contributed by atoms with Crippen molar-refractivity contribution in [2.75, 3.05) is 5.32 Å². The minimum atomic E-state index is -0.791. The lowest BCUT2D eigenvalue weighted by molar-refractivity contribution is -0.136. The third-order valence-corrected chi connectivity index (χ3v) is 4.19. The fourth-order valence-corrected chi connectivity index (χ4v) is 2.94. The number of nitrogens with one attached hydrogen (secondary N) is 2. The molecule has 0 aliphatic heterocycles. The van der Waals surface area contributed by atoms with Gasteiger partial charge in [-0.3, -0.25) is 9.59 Å². The number of aromatic nitrogens is 1. The highest BCUT2D eigenvalue weighted by Crippen LogP contribution is 2.31. The molecule has 6 nitrogen and oxygen atoms in total. The molecule has 1 aromatic heterocycles. The number of nitrogens with zero attached hydrogens (tertiary/aromatic N) is 1. The summed E-state index contributed by atoms with van der Waals surface area (Å²) in [5.41, 5.74) is 2.66. The molecule has 1 aliphatic rings. The predicted octanol–water partition coefficient (Wildman–Crippen LogP) is 2.43. The molecule has 3 rings (SSSR count). The molecule has 0 spiro atoms. The molecule has 0 saturated carbocycles. The highest BCUT2D eigenvalue weighted by Gasteiger charge is 2.27. The van der Waals surface area contributed by atoms with Gasteiger partial charge in [-0.15, -0.1) is 0 Å². The van der Waals surface area contributed by atoms with Gasteiger partial charge in [0.1, 0.15) is 17.2 Å². The van der Waals surface area contributed by atoms with Crippen molar-refractivity contribution < 1.29 is 18.5 Å². The first-order valence-electron chi connectivity index (χ1n) is 7.85. The van der Waals surface area contributed by atoms with Gasteiger partial charge in [0.2, 0.25) is 0 Å². The molecule has 1 heterocycles. The van der Waals surface area contributed by atoms with Gasteiger partial charge in [-0.05, 0) is 43.0 Å². The molecule has 126 valence electrons. The molecule has 0 unspecified atom stereocenters. The third-order valence-electron chi connectivity index (χ3n) is 4.19. The van der Waals surface area contributed by atoms with Gasteiger partial charge in [-0.25, -0.2) is 4.39 Å². The van der Waals surface area contributed by atoms with Crippen LogP contribution in [0.4, 0.5) is 10.1 Å². The number of amides is 2. The molecule has 2 amide bonds. The smallest absolute Gasteiger partial charge is 0.313 e. The lowest BCUT2D eigenvalue weighted by atomic mass is 10.1. The zero-order chi connectivity index (χ0) is 17.3. The zero-order valence-electron chi connectivity index (χ0n) is 13.5. The zero-order valence-corrected chi connectivity index (χ0v) is 13.5. The molecule has 0 saturated heterocycles. The van der Waals surface area contributed by atoms with Gasteiger partial charge in [0.05, 0.1) is 6.04 Å². The van der Waals surface area contributed by atoms with Crippen LogP contribution >= 0.6 is 0 Å². The number of anilines is 1. The maximum atomic E-state index is 13.4. The molecular formula is C17H18FN3O3. The molecule has 24 heavy (non-hydrogen) atoms. The fourth-order valence-electron chi connectivity index (χ4n) is 2.94. The number of hydrogen-bond donors (Lipinski definition) is 2. The van der Waals surface area contributed by atoms with Gasteiger partial charge in [0.15, 0.2) is 5.76 Å². The first-order valence-corrected chi connectivity index (χ1v) is 7.85. The molecule has 2 N–H and O–H groups in total. The number of benzene rings is 1. The minimum Gasteiger partial charge on any atom is -0.359 e. The van der Waals surface area contributed by atoms with Crippen LogP contribution in [0, 0.1) is 12.7 Å². The van der Waals surface area contributed by atoms with Crippen molar-refractivity contribution in [2.45, 2.75) is 39.2 Å². The summed E-state index contributed by atoms with van der Waals surface area (Å²) in [4.78, 5) is 24.3. The van der Waals surface area contributed by atoms with E-state index in [9.17, 15) is 14.0 Å². The van der Waals surface area contributed by atoms with Crippen molar-refractivity contribution in [3.8, 4) is 0 Å². The second-order valence-electron chi connectivity index (χ2n) is 5.78. The highest BCUT2D eigenvalue weighted by molar-refractivity contribution is 6.39. The van der Waals surface area contributed by atoms with Gasteiger partial charge in [0.25, 0.3) is 0 Å². The van der Waals surface area contributed by atoms with Crippen LogP contribution in [0.5, 0.6) is 0 Å². The monoisotopic (exact) mass is 331 g/mol. The lowest BCUT2D eigenvalue weighted by Crippen LogP contribution is -2.37. The molecule has 0 radical (unpaired) electrons. The largest absolute Gasteiger partial charge is 0.359 e. The van der Waals surface area contributed by atoms with Gasteiger partial charge >= 0.3 is 11.8 Å². The first-order chi connectivity index (χ1) is 11.5. The van der Waals surface area contributed by atoms with E-state index in [0.29, 0.717) is 30.0 Å². The Balaban J connectivity index is 1.69. The topological polar surface area (TPSA) is 84.2 Å². The number of aryl methyl sites for hydroxylation is 3. The van der Waals surface area contributed by atoms with Crippen LogP contribution in [0.1, 0.15) is 42.0 Å². The molecule has 2 aromatic rings. The molecule has 1 atom stereocenters. The Morgan fingerprint density at radius 2 is 2.17 bits per heavy atom. The van der Waals surface area contributed by atoms with E-state index in [1.807, 2.05) is 6.92 Å². The van der Waals surface area contributed by atoms with E-state index >= 15 is 0 Å². The van der Waals surface area contributed by atoms with E-state index in [2.05, 4.69) is 15.8 Å². The Hall–Kier alpha value is -2.70. The highest BCUT2D eigenvalue weighted by atomic mass is 19.1. The van der Waals surface area contributed by atoms with Crippen molar-refractivity contribution in [2.24, 2.45) is 0 Å². The maximum Gasteiger partial charge on any atom is 0.313 e. The Morgan fingerprint density at radius 1 is 1.38 bits per heavy atom. The van der Waals surface area contributed by atoms with E-state index < -0.39 is 11.8 Å². The third kappa shape index (κ3) is 3.02. The quantitative estimate of drug-likeness (QED) is 0.846. The van der Waals surface area contributed by atoms with E-state index in [4.69, 9.17) is 4.52 Å². The standard InChI is InChI=1S/C17H18FN3O3/c1-3-14-15(9(2)21-24-14)20-17(23)16(22)19-13-7-5-10-4-6-11(18)8-12(10)13/h4,6,8,13H,3,5,7H2,1-2H3,(H,19,22)(H,20,23)/t13-/m1/s1. The van der Waals surface area contributed by atoms with E-state index in [1.54, 1.807) is 13.0 Å². The van der Waals surface area contributed by atoms with E-state index in [-0.39, 0.29) is 11.9 Å².